The maximum Gasteiger partial charge on any atom is 0.327 e. The fraction of sp³-hybridized carbons (Fsp3) is 0.364. The molecule has 0 saturated heterocycles. The number of aromatic nitrogens is 3. The largest absolute Gasteiger partial charge is 0.465 e. The summed E-state index contributed by atoms with van der Waals surface area (Å²) in [6.45, 7) is 4.16. The lowest BCUT2D eigenvalue weighted by Crippen LogP contribution is -2.14. The molecule has 0 aliphatic carbocycles. The first-order valence-electron chi connectivity index (χ1n) is 5.16. The Bertz CT molecular complexity index is 519. The van der Waals surface area contributed by atoms with Crippen molar-refractivity contribution < 1.29 is 9.53 Å². The Kier molecular flexibility index (Phi) is 2.85. The summed E-state index contributed by atoms with van der Waals surface area (Å²) in [4.78, 5) is 15.6. The second-order valence-corrected chi connectivity index (χ2v) is 3.42. The van der Waals surface area contributed by atoms with Crippen molar-refractivity contribution in [2.24, 2.45) is 0 Å². The molecule has 0 saturated carbocycles. The van der Waals surface area contributed by atoms with Gasteiger partial charge in [-0.15, -0.1) is 0 Å². The maximum atomic E-state index is 11.4. The maximum absolute atomic E-state index is 11.4. The van der Waals surface area contributed by atoms with Gasteiger partial charge in [0.25, 0.3) is 0 Å². The molecule has 5 nitrogen and oxygen atoms in total. The van der Waals surface area contributed by atoms with Gasteiger partial charge in [0.2, 0.25) is 0 Å². The zero-order chi connectivity index (χ0) is 11.5. The van der Waals surface area contributed by atoms with E-state index in [4.69, 9.17) is 4.74 Å². The minimum Gasteiger partial charge on any atom is -0.465 e. The van der Waals surface area contributed by atoms with Crippen LogP contribution in [0.15, 0.2) is 18.3 Å². The Hall–Kier alpha value is -1.91. The van der Waals surface area contributed by atoms with Gasteiger partial charge in [-0.1, -0.05) is 0 Å². The van der Waals surface area contributed by atoms with E-state index >= 15 is 0 Å². The van der Waals surface area contributed by atoms with Gasteiger partial charge in [-0.05, 0) is 26.0 Å². The molecule has 0 spiro atoms. The molecule has 16 heavy (non-hydrogen) atoms. The average molecular weight is 219 g/mol. The number of hydrogen-bond donors (Lipinski definition) is 0. The summed E-state index contributed by atoms with van der Waals surface area (Å²) < 4.78 is 6.45. The third-order valence-corrected chi connectivity index (χ3v) is 2.28. The first-order valence-corrected chi connectivity index (χ1v) is 5.16. The van der Waals surface area contributed by atoms with Crippen molar-refractivity contribution >= 4 is 17.0 Å². The van der Waals surface area contributed by atoms with Gasteiger partial charge in [0.1, 0.15) is 6.54 Å². The van der Waals surface area contributed by atoms with Gasteiger partial charge < -0.3 is 4.74 Å². The second-order valence-electron chi connectivity index (χ2n) is 3.42. The summed E-state index contributed by atoms with van der Waals surface area (Å²) in [5.74, 6) is -0.294. The molecular formula is C11H13N3O2. The molecule has 0 fully saturated rings. The predicted molar refractivity (Wildman–Crippen MR) is 58.9 cm³/mol. The van der Waals surface area contributed by atoms with Crippen LogP contribution in [0.25, 0.3) is 11.0 Å². The van der Waals surface area contributed by atoms with Crippen LogP contribution in [-0.4, -0.2) is 27.3 Å². The van der Waals surface area contributed by atoms with Gasteiger partial charge in [-0.2, -0.15) is 5.10 Å². The molecule has 2 aromatic rings. The fourth-order valence-corrected chi connectivity index (χ4v) is 1.61. The fourth-order valence-electron chi connectivity index (χ4n) is 1.61. The number of aryl methyl sites for hydroxylation is 1. The lowest BCUT2D eigenvalue weighted by atomic mass is 10.3. The molecule has 84 valence electrons. The van der Waals surface area contributed by atoms with Crippen molar-refractivity contribution in [3.05, 3.63) is 24.0 Å². The quantitative estimate of drug-likeness (QED) is 0.730. The molecule has 5 heteroatoms. The third-order valence-electron chi connectivity index (χ3n) is 2.28. The number of ether oxygens (including phenoxy) is 1. The van der Waals surface area contributed by atoms with Crippen LogP contribution < -0.4 is 0 Å². The lowest BCUT2D eigenvalue weighted by molar-refractivity contribution is -0.143. The molecule has 0 N–H and O–H groups in total. The summed E-state index contributed by atoms with van der Waals surface area (Å²) >= 11 is 0. The minimum absolute atomic E-state index is 0.106. The van der Waals surface area contributed by atoms with Crippen molar-refractivity contribution in [3.63, 3.8) is 0 Å². The number of nitrogens with zero attached hydrogens (tertiary/aromatic N) is 3. The molecule has 0 aliphatic rings. The van der Waals surface area contributed by atoms with E-state index in [1.54, 1.807) is 17.8 Å². The molecule has 0 aromatic carbocycles. The van der Waals surface area contributed by atoms with Gasteiger partial charge in [0.05, 0.1) is 12.3 Å². The number of carbonyl (C=O) groups is 1. The molecular weight excluding hydrogens is 206 g/mol. The number of carbonyl (C=O) groups excluding carboxylic acids is 1. The van der Waals surface area contributed by atoms with Gasteiger partial charge in [-0.25, -0.2) is 9.67 Å². The third kappa shape index (κ3) is 1.88. The highest BCUT2D eigenvalue weighted by atomic mass is 16.5. The van der Waals surface area contributed by atoms with Crippen LogP contribution in [0.2, 0.25) is 0 Å². The van der Waals surface area contributed by atoms with E-state index in [1.807, 2.05) is 19.1 Å². The molecule has 0 unspecified atom stereocenters. The SMILES string of the molecule is CCOC(=O)Cn1nc(C)c2cccnc21. The van der Waals surface area contributed by atoms with Crippen LogP contribution in [0.1, 0.15) is 12.6 Å². The molecule has 0 atom stereocenters. The Labute approximate surface area is 93.0 Å². The molecule has 2 rings (SSSR count). The summed E-state index contributed by atoms with van der Waals surface area (Å²) in [7, 11) is 0. The molecule has 0 amide bonds. The average Bonchev–Trinajstić information content (AvgIpc) is 2.57. The monoisotopic (exact) mass is 219 g/mol. The van der Waals surface area contributed by atoms with Crippen molar-refractivity contribution in [3.8, 4) is 0 Å². The molecule has 2 aromatic heterocycles. The van der Waals surface area contributed by atoms with Crippen LogP contribution in [0.5, 0.6) is 0 Å². The van der Waals surface area contributed by atoms with Crippen LogP contribution in [-0.2, 0) is 16.1 Å². The second kappa shape index (κ2) is 4.30. The van der Waals surface area contributed by atoms with Crippen LogP contribution in [0.3, 0.4) is 0 Å². The van der Waals surface area contributed by atoms with Crippen molar-refractivity contribution in [2.75, 3.05) is 6.61 Å². The van der Waals surface area contributed by atoms with Crippen molar-refractivity contribution in [2.45, 2.75) is 20.4 Å². The Morgan fingerprint density at radius 1 is 1.56 bits per heavy atom. The van der Waals surface area contributed by atoms with E-state index < -0.39 is 0 Å². The number of pyridine rings is 1. The highest BCUT2D eigenvalue weighted by Crippen LogP contribution is 2.14. The molecule has 0 bridgehead atoms. The number of hydrogen-bond acceptors (Lipinski definition) is 4. The first-order chi connectivity index (χ1) is 7.72. The summed E-state index contributed by atoms with van der Waals surface area (Å²) in [5.41, 5.74) is 1.58. The summed E-state index contributed by atoms with van der Waals surface area (Å²) in [5, 5.41) is 5.23. The summed E-state index contributed by atoms with van der Waals surface area (Å²) in [6, 6.07) is 3.79. The van der Waals surface area contributed by atoms with E-state index in [1.165, 1.54) is 0 Å². The molecule has 0 aliphatic heterocycles. The van der Waals surface area contributed by atoms with Crippen LogP contribution >= 0.6 is 0 Å². The Morgan fingerprint density at radius 3 is 3.12 bits per heavy atom. The normalized spacial score (nSPS) is 10.6. The van der Waals surface area contributed by atoms with Crippen LogP contribution in [0, 0.1) is 6.92 Å². The zero-order valence-corrected chi connectivity index (χ0v) is 9.30. The van der Waals surface area contributed by atoms with E-state index in [0.29, 0.717) is 12.3 Å². The number of fused-ring (bicyclic) bond motifs is 1. The lowest BCUT2D eigenvalue weighted by Gasteiger charge is -2.02. The van der Waals surface area contributed by atoms with E-state index in [-0.39, 0.29) is 12.5 Å². The topological polar surface area (TPSA) is 57.0 Å². The Morgan fingerprint density at radius 2 is 2.38 bits per heavy atom. The van der Waals surface area contributed by atoms with Gasteiger partial charge in [-0.3, -0.25) is 4.79 Å². The standard InChI is InChI=1S/C11H13N3O2/c1-3-16-10(15)7-14-11-9(8(2)13-14)5-4-6-12-11/h4-6H,3,7H2,1-2H3. The number of rotatable bonds is 3. The molecule has 2 heterocycles. The predicted octanol–water partition coefficient (Wildman–Crippen LogP) is 1.30. The van der Waals surface area contributed by atoms with E-state index in [2.05, 4.69) is 10.1 Å². The van der Waals surface area contributed by atoms with Crippen molar-refractivity contribution in [1.29, 1.82) is 0 Å². The highest BCUT2D eigenvalue weighted by Gasteiger charge is 2.11. The molecule has 0 radical (unpaired) electrons. The number of esters is 1. The van der Waals surface area contributed by atoms with Crippen molar-refractivity contribution in [1.82, 2.24) is 14.8 Å². The zero-order valence-electron chi connectivity index (χ0n) is 9.30. The first kappa shape index (κ1) is 10.6. The van der Waals surface area contributed by atoms with E-state index in [9.17, 15) is 4.79 Å². The minimum atomic E-state index is -0.294. The van der Waals surface area contributed by atoms with Gasteiger partial charge in [0, 0.05) is 11.6 Å². The highest BCUT2D eigenvalue weighted by molar-refractivity contribution is 5.79. The van der Waals surface area contributed by atoms with Gasteiger partial charge in [0.15, 0.2) is 5.65 Å². The van der Waals surface area contributed by atoms with Crippen LogP contribution in [0.4, 0.5) is 0 Å². The van der Waals surface area contributed by atoms with Gasteiger partial charge >= 0.3 is 5.97 Å². The summed E-state index contributed by atoms with van der Waals surface area (Å²) in [6.07, 6.45) is 1.69. The Balaban J connectivity index is 2.34. The van der Waals surface area contributed by atoms with E-state index in [0.717, 1.165) is 11.1 Å². The smallest absolute Gasteiger partial charge is 0.327 e.